The molecule has 0 radical (unpaired) electrons. The minimum atomic E-state index is 0. The Balaban J connectivity index is 0.000000240. The number of aliphatic imine (C=N–C) groups is 2. The van der Waals surface area contributed by atoms with E-state index in [-0.39, 0.29) is 16.5 Å². The third-order valence-electron chi connectivity index (χ3n) is 4.45. The summed E-state index contributed by atoms with van der Waals surface area (Å²) >= 11 is 11.7. The summed E-state index contributed by atoms with van der Waals surface area (Å²) in [6.45, 7) is 1.01. The second-order valence-electron chi connectivity index (χ2n) is 7.04. The van der Waals surface area contributed by atoms with Gasteiger partial charge in [0.1, 0.15) is 0 Å². The molecule has 4 aromatic rings. The van der Waals surface area contributed by atoms with Crippen molar-refractivity contribution >= 4 is 35.6 Å². The quantitative estimate of drug-likeness (QED) is 0.177. The largest absolute Gasteiger partial charge is 2.00 e. The van der Waals surface area contributed by atoms with Gasteiger partial charge in [0.05, 0.1) is 35.6 Å². The Morgan fingerprint density at radius 3 is 1.46 bits per heavy atom. The van der Waals surface area contributed by atoms with Crippen molar-refractivity contribution in [1.82, 2.24) is 9.97 Å². The van der Waals surface area contributed by atoms with Crippen LogP contribution in [0, 0.1) is 0 Å². The molecule has 0 amide bonds. The number of rotatable bonds is 6. The second-order valence-corrected chi connectivity index (χ2v) is 7.92. The Hall–Kier alpha value is -3.25. The number of halogens is 2. The molecule has 0 atom stereocenters. The van der Waals surface area contributed by atoms with Crippen LogP contribution in [0.3, 0.4) is 0 Å². The fourth-order valence-corrected chi connectivity index (χ4v) is 3.10. The molecule has 6 nitrogen and oxygen atoms in total. The Bertz CT molecular complexity index is 1160. The van der Waals surface area contributed by atoms with Gasteiger partial charge in [-0.2, -0.15) is 0 Å². The summed E-state index contributed by atoms with van der Waals surface area (Å²) in [5.74, 6) is 0.832. The van der Waals surface area contributed by atoms with E-state index in [1.165, 1.54) is 0 Å². The molecule has 0 saturated carbocycles. The molecule has 4 rings (SSSR count). The van der Waals surface area contributed by atoms with Gasteiger partial charge < -0.3 is 10.2 Å². The first kappa shape index (κ1) is 28.0. The van der Waals surface area contributed by atoms with Crippen LogP contribution in [-0.4, -0.2) is 32.6 Å². The number of aromatic nitrogens is 2. The SMILES string of the molecule is [Ni+2].[OH2+]c1ccc(Cl)cc1C=NCc1ccccn1.[OH2+]c1ccc(Cl)cc1C=NCc1ccccn1. The van der Waals surface area contributed by atoms with Crippen molar-refractivity contribution in [2.75, 3.05) is 0 Å². The molecule has 9 heteroatoms. The maximum Gasteiger partial charge on any atom is 2.00 e. The first-order chi connectivity index (χ1) is 16.5. The molecule has 0 spiro atoms. The van der Waals surface area contributed by atoms with Gasteiger partial charge in [0.2, 0.25) is 0 Å². The van der Waals surface area contributed by atoms with Gasteiger partial charge in [0.25, 0.3) is 11.5 Å². The maximum absolute atomic E-state index is 7.69. The van der Waals surface area contributed by atoms with Crippen LogP contribution in [0.5, 0.6) is 11.5 Å². The molecule has 0 fully saturated rings. The van der Waals surface area contributed by atoms with Gasteiger partial charge in [-0.1, -0.05) is 35.3 Å². The predicted octanol–water partition coefficient (Wildman–Crippen LogP) is 5.58. The molecule has 0 saturated heterocycles. The molecule has 2 heterocycles. The summed E-state index contributed by atoms with van der Waals surface area (Å²) in [6, 6.07) is 21.6. The van der Waals surface area contributed by atoms with Crippen LogP contribution < -0.4 is 0 Å². The van der Waals surface area contributed by atoms with Crippen LogP contribution >= 0.6 is 23.2 Å². The van der Waals surface area contributed by atoms with Gasteiger partial charge in [0, 0.05) is 47.0 Å². The van der Waals surface area contributed by atoms with Crippen LogP contribution in [0.1, 0.15) is 22.5 Å². The maximum atomic E-state index is 7.69. The van der Waals surface area contributed by atoms with E-state index in [9.17, 15) is 0 Å². The van der Waals surface area contributed by atoms with Crippen molar-refractivity contribution in [3.05, 3.63) is 118 Å². The van der Waals surface area contributed by atoms with E-state index in [0.29, 0.717) is 45.8 Å². The van der Waals surface area contributed by atoms with Gasteiger partial charge in [-0.3, -0.25) is 20.0 Å². The van der Waals surface area contributed by atoms with E-state index in [0.717, 1.165) is 11.4 Å². The van der Waals surface area contributed by atoms with E-state index in [4.69, 9.17) is 33.4 Å². The van der Waals surface area contributed by atoms with E-state index >= 15 is 0 Å². The Morgan fingerprint density at radius 2 is 1.09 bits per heavy atom. The monoisotopic (exact) mass is 552 g/mol. The average Bonchev–Trinajstić information content (AvgIpc) is 2.85. The molecule has 35 heavy (non-hydrogen) atoms. The van der Waals surface area contributed by atoms with Crippen molar-refractivity contribution in [2.24, 2.45) is 9.98 Å². The topological polar surface area (TPSA) is 96.3 Å². The van der Waals surface area contributed by atoms with Crippen molar-refractivity contribution in [3.63, 3.8) is 0 Å². The zero-order valence-electron chi connectivity index (χ0n) is 18.5. The molecule has 2 aromatic heterocycles. The third kappa shape index (κ3) is 9.87. The van der Waals surface area contributed by atoms with Gasteiger partial charge >= 0.3 is 16.5 Å². The Labute approximate surface area is 224 Å². The average molecular weight is 554 g/mol. The molecular weight excluding hydrogens is 530 g/mol. The number of hydrogen-bond acceptors (Lipinski definition) is 4. The van der Waals surface area contributed by atoms with E-state index in [1.807, 2.05) is 36.4 Å². The predicted molar refractivity (Wildman–Crippen MR) is 140 cm³/mol. The molecule has 0 aliphatic heterocycles. The first-order valence-electron chi connectivity index (χ1n) is 10.3. The summed E-state index contributed by atoms with van der Waals surface area (Å²) in [4.78, 5) is 16.8. The summed E-state index contributed by atoms with van der Waals surface area (Å²) in [6.07, 6.45) is 6.78. The van der Waals surface area contributed by atoms with Crippen molar-refractivity contribution in [1.29, 1.82) is 0 Å². The number of hydrogen-bond donors (Lipinski definition) is 0. The smallest absolute Gasteiger partial charge is 0.593 e. The third-order valence-corrected chi connectivity index (χ3v) is 4.92. The van der Waals surface area contributed by atoms with Crippen LogP contribution in [-0.2, 0) is 29.6 Å². The summed E-state index contributed by atoms with van der Waals surface area (Å²) < 4.78 is 0. The van der Waals surface area contributed by atoms with Crippen LogP contribution in [0.4, 0.5) is 0 Å². The molecule has 0 aliphatic rings. The van der Waals surface area contributed by atoms with Crippen molar-refractivity contribution in [2.45, 2.75) is 13.1 Å². The van der Waals surface area contributed by atoms with Crippen LogP contribution in [0.2, 0.25) is 10.0 Å². The van der Waals surface area contributed by atoms with Gasteiger partial charge in [-0.25, -0.2) is 0 Å². The second kappa shape index (κ2) is 14.9. The molecule has 4 N–H and O–H groups in total. The van der Waals surface area contributed by atoms with E-state index < -0.39 is 0 Å². The zero-order chi connectivity index (χ0) is 24.2. The van der Waals surface area contributed by atoms with Gasteiger partial charge in [0.15, 0.2) is 0 Å². The molecule has 180 valence electrons. The van der Waals surface area contributed by atoms with Gasteiger partial charge in [-0.15, -0.1) is 0 Å². The summed E-state index contributed by atoms with van der Waals surface area (Å²) in [7, 11) is 0. The molecule has 0 aliphatic carbocycles. The number of nitrogens with zero attached hydrogens (tertiary/aromatic N) is 4. The van der Waals surface area contributed by atoms with E-state index in [1.54, 1.807) is 61.2 Å². The molecular formula is C26H24Cl2N4NiO2+4. The van der Waals surface area contributed by atoms with E-state index in [2.05, 4.69) is 20.0 Å². The minimum Gasteiger partial charge on any atom is -0.593 e. The van der Waals surface area contributed by atoms with Crippen LogP contribution in [0.25, 0.3) is 0 Å². The zero-order valence-corrected chi connectivity index (χ0v) is 21.0. The molecule has 0 unspecified atom stereocenters. The van der Waals surface area contributed by atoms with Crippen molar-refractivity contribution < 1.29 is 26.7 Å². The summed E-state index contributed by atoms with van der Waals surface area (Å²) in [5.41, 5.74) is 3.23. The Kier molecular flexibility index (Phi) is 11.9. The first-order valence-corrected chi connectivity index (χ1v) is 11.1. The number of benzene rings is 2. The fourth-order valence-electron chi connectivity index (χ4n) is 2.74. The normalized spacial score (nSPS) is 10.6. The van der Waals surface area contributed by atoms with Crippen molar-refractivity contribution in [3.8, 4) is 11.5 Å². The molecule has 2 aromatic carbocycles. The standard InChI is InChI=1S/2C13H11ClN2O.Ni/c2*14-11-4-5-13(17)10(7-11)8-15-9-12-3-1-2-6-16-12;/h2*1-8,17H,9H2;/q;;+2/p+2. The van der Waals surface area contributed by atoms with Gasteiger partial charge in [-0.05, 0) is 48.5 Å². The minimum absolute atomic E-state index is 0. The summed E-state index contributed by atoms with van der Waals surface area (Å²) in [5, 5.41) is 16.6. The van der Waals surface area contributed by atoms with Crippen LogP contribution in [0.15, 0.2) is 95.2 Å². The molecule has 0 bridgehead atoms. The Morgan fingerprint density at radius 1 is 0.657 bits per heavy atom. The fraction of sp³-hybridized carbons (Fsp3) is 0.0769. The number of pyridine rings is 2.